The number of tetrazole rings is 1. The Balaban J connectivity index is 2.16. The van der Waals surface area contributed by atoms with E-state index in [4.69, 9.17) is 9.84 Å². The smallest absolute Gasteiger partial charge is 0.344 e. The molecule has 0 unspecified atom stereocenters. The quantitative estimate of drug-likeness (QED) is 0.857. The Morgan fingerprint density at radius 3 is 2.56 bits per heavy atom. The van der Waals surface area contributed by atoms with Crippen LogP contribution in [0.3, 0.4) is 0 Å². The standard InChI is InChI=1S/C11H12N4O3/c1-7(11(16)17)18-9-5-3-8(4-6-9)10-12-13-14-15(10)2/h3-7H,1-2H3,(H,16,17)/t7-/m0/s1. The van der Waals surface area contributed by atoms with Crippen LogP contribution >= 0.6 is 0 Å². The Morgan fingerprint density at radius 1 is 1.39 bits per heavy atom. The van der Waals surface area contributed by atoms with Gasteiger partial charge < -0.3 is 9.84 Å². The number of carboxylic acids is 1. The maximum atomic E-state index is 10.6. The van der Waals surface area contributed by atoms with Crippen LogP contribution in [-0.4, -0.2) is 37.4 Å². The predicted octanol–water partition coefficient (Wildman–Crippen LogP) is 0.729. The average molecular weight is 248 g/mol. The molecule has 0 amide bonds. The summed E-state index contributed by atoms with van der Waals surface area (Å²) in [5.74, 6) is 0.119. The number of aryl methyl sites for hydroxylation is 1. The van der Waals surface area contributed by atoms with Crippen LogP contribution in [-0.2, 0) is 11.8 Å². The van der Waals surface area contributed by atoms with Crippen LogP contribution < -0.4 is 4.74 Å². The van der Waals surface area contributed by atoms with Crippen LogP contribution in [0.15, 0.2) is 24.3 Å². The van der Waals surface area contributed by atoms with Gasteiger partial charge in [-0.1, -0.05) is 0 Å². The highest BCUT2D eigenvalue weighted by atomic mass is 16.5. The first-order chi connectivity index (χ1) is 8.58. The molecule has 2 rings (SSSR count). The molecule has 2 aromatic rings. The minimum atomic E-state index is -1.00. The molecule has 0 saturated carbocycles. The molecule has 7 heteroatoms. The van der Waals surface area contributed by atoms with E-state index in [0.717, 1.165) is 5.56 Å². The number of hydrogen-bond donors (Lipinski definition) is 1. The minimum Gasteiger partial charge on any atom is -0.479 e. The molecule has 0 fully saturated rings. The zero-order valence-corrected chi connectivity index (χ0v) is 9.94. The average Bonchev–Trinajstić information content (AvgIpc) is 2.76. The van der Waals surface area contributed by atoms with E-state index in [1.807, 2.05) is 0 Å². The number of hydrogen-bond acceptors (Lipinski definition) is 5. The molecule has 0 saturated heterocycles. The molecule has 1 atom stereocenters. The van der Waals surface area contributed by atoms with E-state index < -0.39 is 12.1 Å². The maximum Gasteiger partial charge on any atom is 0.344 e. The first kappa shape index (κ1) is 12.0. The molecule has 1 aromatic carbocycles. The number of nitrogens with zero attached hydrogens (tertiary/aromatic N) is 4. The van der Waals surface area contributed by atoms with Gasteiger partial charge in [-0.15, -0.1) is 5.10 Å². The zero-order valence-electron chi connectivity index (χ0n) is 9.94. The van der Waals surface area contributed by atoms with Crippen LogP contribution in [0.25, 0.3) is 11.4 Å². The van der Waals surface area contributed by atoms with E-state index in [9.17, 15) is 4.79 Å². The van der Waals surface area contributed by atoms with Gasteiger partial charge in [0.1, 0.15) is 5.75 Å². The van der Waals surface area contributed by atoms with Crippen LogP contribution in [0.1, 0.15) is 6.92 Å². The van der Waals surface area contributed by atoms with E-state index in [0.29, 0.717) is 11.6 Å². The fourth-order valence-corrected chi connectivity index (χ4v) is 1.41. The first-order valence-corrected chi connectivity index (χ1v) is 5.30. The molecule has 0 aliphatic rings. The molecule has 0 spiro atoms. The fourth-order valence-electron chi connectivity index (χ4n) is 1.41. The molecule has 1 N–H and O–H groups in total. The third kappa shape index (κ3) is 2.45. The summed E-state index contributed by atoms with van der Waals surface area (Å²) in [6.45, 7) is 1.48. The second-order valence-corrected chi connectivity index (χ2v) is 3.75. The Hall–Kier alpha value is -2.44. The van der Waals surface area contributed by atoms with Crippen molar-refractivity contribution in [2.45, 2.75) is 13.0 Å². The van der Waals surface area contributed by atoms with Gasteiger partial charge in [-0.2, -0.15) is 0 Å². The summed E-state index contributed by atoms with van der Waals surface area (Å²) >= 11 is 0. The SMILES string of the molecule is C[C@H](Oc1ccc(-c2nnnn2C)cc1)C(=O)O. The van der Waals surface area contributed by atoms with Crippen molar-refractivity contribution in [2.75, 3.05) is 0 Å². The fraction of sp³-hybridized carbons (Fsp3) is 0.273. The van der Waals surface area contributed by atoms with Crippen LogP contribution in [0.4, 0.5) is 0 Å². The number of carboxylic acid groups (broad SMARTS) is 1. The highest BCUT2D eigenvalue weighted by molar-refractivity contribution is 5.72. The number of rotatable bonds is 4. The van der Waals surface area contributed by atoms with E-state index in [-0.39, 0.29) is 0 Å². The van der Waals surface area contributed by atoms with Crippen molar-refractivity contribution >= 4 is 5.97 Å². The second kappa shape index (κ2) is 4.82. The van der Waals surface area contributed by atoms with Gasteiger partial charge in [0.2, 0.25) is 0 Å². The lowest BCUT2D eigenvalue weighted by Gasteiger charge is -2.10. The summed E-state index contributed by atoms with van der Waals surface area (Å²) in [4.78, 5) is 10.6. The number of ether oxygens (including phenoxy) is 1. The molecule has 94 valence electrons. The summed E-state index contributed by atoms with van der Waals surface area (Å²) in [7, 11) is 1.74. The summed E-state index contributed by atoms with van der Waals surface area (Å²) in [5, 5.41) is 19.9. The van der Waals surface area contributed by atoms with Gasteiger partial charge in [0, 0.05) is 12.6 Å². The van der Waals surface area contributed by atoms with Gasteiger partial charge in [0.05, 0.1) is 0 Å². The molecule has 0 bridgehead atoms. The van der Waals surface area contributed by atoms with Crippen LogP contribution in [0.2, 0.25) is 0 Å². The molecule has 1 aromatic heterocycles. The van der Waals surface area contributed by atoms with E-state index in [1.165, 1.54) is 6.92 Å². The minimum absolute atomic E-state index is 0.490. The second-order valence-electron chi connectivity index (χ2n) is 3.75. The number of carbonyl (C=O) groups is 1. The number of aromatic nitrogens is 4. The number of aliphatic carboxylic acids is 1. The Bertz CT molecular complexity index is 550. The highest BCUT2D eigenvalue weighted by Gasteiger charge is 2.12. The van der Waals surface area contributed by atoms with Gasteiger partial charge in [0.25, 0.3) is 0 Å². The lowest BCUT2D eigenvalue weighted by molar-refractivity contribution is -0.144. The van der Waals surface area contributed by atoms with Crippen molar-refractivity contribution in [3.63, 3.8) is 0 Å². The molecule has 18 heavy (non-hydrogen) atoms. The normalized spacial score (nSPS) is 12.1. The van der Waals surface area contributed by atoms with Gasteiger partial charge in [0.15, 0.2) is 11.9 Å². The van der Waals surface area contributed by atoms with Crippen molar-refractivity contribution in [3.8, 4) is 17.1 Å². The Kier molecular flexibility index (Phi) is 3.22. The Labute approximate surface area is 103 Å². The van der Waals surface area contributed by atoms with Crippen molar-refractivity contribution in [1.82, 2.24) is 20.2 Å². The molecular weight excluding hydrogens is 236 g/mol. The van der Waals surface area contributed by atoms with Gasteiger partial charge in [-0.05, 0) is 41.6 Å². The molecule has 0 aliphatic carbocycles. The topological polar surface area (TPSA) is 90.1 Å². The molecule has 7 nitrogen and oxygen atoms in total. The maximum absolute atomic E-state index is 10.6. The van der Waals surface area contributed by atoms with Gasteiger partial charge in [-0.3, -0.25) is 0 Å². The Morgan fingerprint density at radius 2 is 2.06 bits per heavy atom. The molecular formula is C11H12N4O3. The first-order valence-electron chi connectivity index (χ1n) is 5.30. The van der Waals surface area contributed by atoms with Crippen molar-refractivity contribution in [3.05, 3.63) is 24.3 Å². The van der Waals surface area contributed by atoms with Crippen molar-refractivity contribution < 1.29 is 14.6 Å². The van der Waals surface area contributed by atoms with E-state index in [2.05, 4.69) is 15.5 Å². The third-order valence-corrected chi connectivity index (χ3v) is 2.39. The van der Waals surface area contributed by atoms with E-state index >= 15 is 0 Å². The molecule has 1 heterocycles. The van der Waals surface area contributed by atoms with Crippen LogP contribution in [0.5, 0.6) is 5.75 Å². The predicted molar refractivity (Wildman–Crippen MR) is 62.0 cm³/mol. The summed E-state index contributed by atoms with van der Waals surface area (Å²) in [6, 6.07) is 6.91. The monoisotopic (exact) mass is 248 g/mol. The van der Waals surface area contributed by atoms with Gasteiger partial charge in [-0.25, -0.2) is 9.48 Å². The molecule has 0 radical (unpaired) electrons. The van der Waals surface area contributed by atoms with Crippen molar-refractivity contribution in [1.29, 1.82) is 0 Å². The summed E-state index contributed by atoms with van der Waals surface area (Å²) in [6.07, 6.45) is -0.882. The highest BCUT2D eigenvalue weighted by Crippen LogP contribution is 2.20. The lowest BCUT2D eigenvalue weighted by Crippen LogP contribution is -2.22. The van der Waals surface area contributed by atoms with Gasteiger partial charge >= 0.3 is 5.97 Å². The zero-order chi connectivity index (χ0) is 13.1. The van der Waals surface area contributed by atoms with Crippen LogP contribution in [0, 0.1) is 0 Å². The van der Waals surface area contributed by atoms with Crippen molar-refractivity contribution in [2.24, 2.45) is 7.05 Å². The summed E-state index contributed by atoms with van der Waals surface area (Å²) in [5.41, 5.74) is 0.831. The number of benzene rings is 1. The summed E-state index contributed by atoms with van der Waals surface area (Å²) < 4.78 is 6.77. The molecule has 0 aliphatic heterocycles. The third-order valence-electron chi connectivity index (χ3n) is 2.39. The largest absolute Gasteiger partial charge is 0.479 e. The lowest BCUT2D eigenvalue weighted by atomic mass is 10.2. The van der Waals surface area contributed by atoms with E-state index in [1.54, 1.807) is 36.0 Å².